The van der Waals surface area contributed by atoms with Crippen molar-refractivity contribution in [1.29, 1.82) is 0 Å². The van der Waals surface area contributed by atoms with E-state index in [-0.39, 0.29) is 29.9 Å². The van der Waals surface area contributed by atoms with Crippen LogP contribution < -0.4 is 20.9 Å². The summed E-state index contributed by atoms with van der Waals surface area (Å²) < 4.78 is 47.2. The van der Waals surface area contributed by atoms with Crippen LogP contribution in [0.5, 0.6) is 11.5 Å². The molecule has 0 fully saturated rings. The number of nitrogen functional groups attached to an aromatic ring is 2. The van der Waals surface area contributed by atoms with Crippen LogP contribution in [0, 0.1) is 0 Å². The van der Waals surface area contributed by atoms with Gasteiger partial charge in [0.05, 0.1) is 12.2 Å². The van der Waals surface area contributed by atoms with E-state index in [1.54, 1.807) is 36.4 Å². The Balaban J connectivity index is 1.52. The minimum absolute atomic E-state index is 0.0923. The van der Waals surface area contributed by atoms with Gasteiger partial charge in [0.2, 0.25) is 0 Å². The number of halogens is 3. The molecule has 3 aromatic rings. The highest BCUT2D eigenvalue weighted by molar-refractivity contribution is 5.92. The highest BCUT2D eigenvalue weighted by Crippen LogP contribution is 2.23. The lowest BCUT2D eigenvalue weighted by Crippen LogP contribution is -2.10. The molecule has 0 heterocycles. The van der Waals surface area contributed by atoms with Crippen LogP contribution in [0.3, 0.4) is 0 Å². The van der Waals surface area contributed by atoms with Crippen molar-refractivity contribution in [2.45, 2.75) is 38.3 Å². The van der Waals surface area contributed by atoms with Crippen LogP contribution in [0.1, 0.15) is 47.2 Å². The highest BCUT2D eigenvalue weighted by Gasteiger charge is 2.26. The molecule has 206 valence electrons. The first kappa shape index (κ1) is 29.1. The number of ether oxygens (including phenoxy) is 2. The maximum Gasteiger partial charge on any atom is 0.389 e. The molecule has 10 heteroatoms. The van der Waals surface area contributed by atoms with Crippen molar-refractivity contribution >= 4 is 29.4 Å². The zero-order chi connectivity index (χ0) is 28.4. The molecule has 0 aliphatic carbocycles. The second-order valence-corrected chi connectivity index (χ2v) is 8.89. The number of aliphatic carboxylic acids is 1. The molecular formula is C29H29F3N2O5. The van der Waals surface area contributed by atoms with Crippen LogP contribution in [-0.2, 0) is 11.2 Å². The number of carbonyl (C=O) groups excluding carboxylic acids is 1. The van der Waals surface area contributed by atoms with Crippen LogP contribution in [0.25, 0.3) is 6.08 Å². The molecule has 5 N–H and O–H groups in total. The van der Waals surface area contributed by atoms with Crippen LogP contribution in [0.15, 0.2) is 72.3 Å². The fourth-order valence-electron chi connectivity index (χ4n) is 3.76. The maximum atomic E-state index is 12.4. The van der Waals surface area contributed by atoms with Gasteiger partial charge in [-0.25, -0.2) is 9.59 Å². The van der Waals surface area contributed by atoms with Gasteiger partial charge in [-0.15, -0.1) is 0 Å². The molecule has 3 aromatic carbocycles. The van der Waals surface area contributed by atoms with Gasteiger partial charge in [-0.05, 0) is 97.5 Å². The van der Waals surface area contributed by atoms with E-state index in [2.05, 4.69) is 0 Å². The van der Waals surface area contributed by atoms with Gasteiger partial charge in [0.1, 0.15) is 11.5 Å². The molecule has 0 spiro atoms. The van der Waals surface area contributed by atoms with Crippen molar-refractivity contribution in [3.8, 4) is 11.5 Å². The van der Waals surface area contributed by atoms with Crippen molar-refractivity contribution in [3.63, 3.8) is 0 Å². The van der Waals surface area contributed by atoms with Crippen LogP contribution >= 0.6 is 0 Å². The number of esters is 1. The van der Waals surface area contributed by atoms with Crippen molar-refractivity contribution in [2.24, 2.45) is 0 Å². The van der Waals surface area contributed by atoms with E-state index in [1.165, 1.54) is 24.3 Å². The minimum atomic E-state index is -4.22. The number of rotatable bonds is 12. The second kappa shape index (κ2) is 13.4. The summed E-state index contributed by atoms with van der Waals surface area (Å²) in [5.41, 5.74) is 14.8. The minimum Gasteiger partial charge on any atom is -0.494 e. The Hall–Kier alpha value is -4.47. The SMILES string of the molecule is Nc1cc(N)cc(CCC/C(=C\c2ccc(OC(=O)c3ccc(OCCCC(F)(F)F)cc3)cc2)C(=O)O)c1. The molecule has 0 saturated carbocycles. The topological polar surface area (TPSA) is 125 Å². The van der Waals surface area contributed by atoms with Gasteiger partial charge in [-0.1, -0.05) is 12.1 Å². The number of benzene rings is 3. The van der Waals surface area contributed by atoms with E-state index in [0.29, 0.717) is 42.0 Å². The van der Waals surface area contributed by atoms with Gasteiger partial charge in [-0.2, -0.15) is 13.2 Å². The number of hydrogen-bond donors (Lipinski definition) is 3. The lowest BCUT2D eigenvalue weighted by molar-refractivity contribution is -0.136. The zero-order valence-corrected chi connectivity index (χ0v) is 21.0. The van der Waals surface area contributed by atoms with Gasteiger partial charge in [0, 0.05) is 23.4 Å². The summed E-state index contributed by atoms with van der Waals surface area (Å²) in [6.45, 7) is -0.0923. The first-order valence-electron chi connectivity index (χ1n) is 12.2. The van der Waals surface area contributed by atoms with E-state index in [0.717, 1.165) is 5.56 Å². The Labute approximate surface area is 223 Å². The lowest BCUT2D eigenvalue weighted by atomic mass is 10.0. The van der Waals surface area contributed by atoms with Gasteiger partial charge in [0.15, 0.2) is 0 Å². The summed E-state index contributed by atoms with van der Waals surface area (Å²) in [6.07, 6.45) is -2.20. The Kier molecular flexibility index (Phi) is 9.97. The third-order valence-corrected chi connectivity index (χ3v) is 5.62. The smallest absolute Gasteiger partial charge is 0.389 e. The Morgan fingerprint density at radius 1 is 0.872 bits per heavy atom. The number of carboxylic acids is 1. The quantitative estimate of drug-likeness (QED) is 0.0808. The van der Waals surface area contributed by atoms with Crippen LogP contribution in [0.4, 0.5) is 24.5 Å². The first-order valence-corrected chi connectivity index (χ1v) is 12.2. The molecule has 0 aromatic heterocycles. The zero-order valence-electron chi connectivity index (χ0n) is 21.0. The molecular weight excluding hydrogens is 513 g/mol. The van der Waals surface area contributed by atoms with E-state index < -0.39 is 24.5 Å². The molecule has 0 unspecified atom stereocenters. The number of anilines is 2. The van der Waals surface area contributed by atoms with E-state index in [1.807, 2.05) is 12.1 Å². The molecule has 0 bridgehead atoms. The van der Waals surface area contributed by atoms with Crippen molar-refractivity contribution in [1.82, 2.24) is 0 Å². The van der Waals surface area contributed by atoms with Crippen LogP contribution in [0.2, 0.25) is 0 Å². The van der Waals surface area contributed by atoms with E-state index in [9.17, 15) is 27.9 Å². The Bertz CT molecular complexity index is 1280. The molecule has 0 aliphatic heterocycles. The van der Waals surface area contributed by atoms with Gasteiger partial charge < -0.3 is 26.0 Å². The molecule has 0 radical (unpaired) electrons. The average Bonchev–Trinajstić information content (AvgIpc) is 2.86. The van der Waals surface area contributed by atoms with E-state index in [4.69, 9.17) is 20.9 Å². The highest BCUT2D eigenvalue weighted by atomic mass is 19.4. The largest absolute Gasteiger partial charge is 0.494 e. The van der Waals surface area contributed by atoms with Gasteiger partial charge in [0.25, 0.3) is 0 Å². The number of hydrogen-bond acceptors (Lipinski definition) is 6. The third kappa shape index (κ3) is 10.1. The molecule has 7 nitrogen and oxygen atoms in total. The van der Waals surface area contributed by atoms with Crippen molar-refractivity contribution in [3.05, 3.63) is 89.0 Å². The third-order valence-electron chi connectivity index (χ3n) is 5.62. The molecule has 3 rings (SSSR count). The molecule has 0 aliphatic rings. The summed E-state index contributed by atoms with van der Waals surface area (Å²) in [6, 6.07) is 17.5. The monoisotopic (exact) mass is 542 g/mol. The van der Waals surface area contributed by atoms with Crippen molar-refractivity contribution in [2.75, 3.05) is 18.1 Å². The summed E-state index contributed by atoms with van der Waals surface area (Å²) in [5, 5.41) is 9.60. The Morgan fingerprint density at radius 3 is 2.08 bits per heavy atom. The number of alkyl halides is 3. The summed E-state index contributed by atoms with van der Waals surface area (Å²) >= 11 is 0. The van der Waals surface area contributed by atoms with Crippen molar-refractivity contribution < 1.29 is 37.3 Å². The normalized spacial score (nSPS) is 11.7. The summed E-state index contributed by atoms with van der Waals surface area (Å²) in [4.78, 5) is 24.2. The maximum absolute atomic E-state index is 12.4. The summed E-state index contributed by atoms with van der Waals surface area (Å²) in [7, 11) is 0. The summed E-state index contributed by atoms with van der Waals surface area (Å²) in [5.74, 6) is -1.04. The van der Waals surface area contributed by atoms with Crippen LogP contribution in [-0.4, -0.2) is 29.8 Å². The number of nitrogens with two attached hydrogens (primary N) is 2. The van der Waals surface area contributed by atoms with Gasteiger partial charge >= 0.3 is 18.1 Å². The molecule has 39 heavy (non-hydrogen) atoms. The number of carbonyl (C=O) groups is 2. The predicted molar refractivity (Wildman–Crippen MR) is 142 cm³/mol. The predicted octanol–water partition coefficient (Wildman–Crippen LogP) is 6.28. The lowest BCUT2D eigenvalue weighted by Gasteiger charge is -2.09. The standard InChI is InChI=1S/C29H29F3N2O5/c30-29(31,32)13-2-14-38-25-11-7-21(8-12-25)28(37)39-26-9-5-19(6-10-26)15-22(27(35)36)4-1-3-20-16-23(33)18-24(34)17-20/h5-12,15-18H,1-4,13-14,33-34H2,(H,35,36)/b22-15+. The average molecular weight is 543 g/mol. The first-order chi connectivity index (χ1) is 18.5. The fraction of sp³-hybridized carbons (Fsp3) is 0.241. The molecule has 0 amide bonds. The Morgan fingerprint density at radius 2 is 1.49 bits per heavy atom. The molecule has 0 saturated heterocycles. The molecule has 0 atom stereocenters. The fourth-order valence-corrected chi connectivity index (χ4v) is 3.76. The number of aryl methyl sites for hydroxylation is 1. The van der Waals surface area contributed by atoms with Gasteiger partial charge in [-0.3, -0.25) is 0 Å². The second-order valence-electron chi connectivity index (χ2n) is 8.89. The van der Waals surface area contributed by atoms with E-state index >= 15 is 0 Å². The number of carboxylic acid groups (broad SMARTS) is 1.